The summed E-state index contributed by atoms with van der Waals surface area (Å²) in [5.41, 5.74) is 3.81. The average molecular weight is 475 g/mol. The van der Waals surface area contributed by atoms with Gasteiger partial charge in [0.25, 0.3) is 5.91 Å². The molecule has 1 fully saturated rings. The highest BCUT2D eigenvalue weighted by Crippen LogP contribution is 2.33. The van der Waals surface area contributed by atoms with Crippen molar-refractivity contribution < 1.29 is 14.7 Å². The van der Waals surface area contributed by atoms with E-state index in [0.29, 0.717) is 27.9 Å². The summed E-state index contributed by atoms with van der Waals surface area (Å²) in [6, 6.07) is 24.5. The largest absolute Gasteiger partial charge is 0.508 e. The van der Waals surface area contributed by atoms with Crippen molar-refractivity contribution in [1.29, 1.82) is 0 Å². The normalized spacial score (nSPS) is 14.7. The van der Waals surface area contributed by atoms with E-state index in [-0.39, 0.29) is 24.0 Å². The van der Waals surface area contributed by atoms with Crippen LogP contribution in [0.5, 0.6) is 5.75 Å². The van der Waals surface area contributed by atoms with E-state index in [9.17, 15) is 14.7 Å². The average Bonchev–Trinajstić information content (AvgIpc) is 3.09. The Morgan fingerprint density at radius 1 is 0.970 bits per heavy atom. The highest BCUT2D eigenvalue weighted by Gasteiger charge is 2.31. The molecule has 3 aromatic rings. The zero-order valence-electron chi connectivity index (χ0n) is 17.7. The van der Waals surface area contributed by atoms with Crippen LogP contribution in [0.1, 0.15) is 18.4 Å². The second kappa shape index (κ2) is 10.5. The Labute approximate surface area is 202 Å². The Bertz CT molecular complexity index is 1190. The number of thiocarbonyl (C=S) groups is 1. The Morgan fingerprint density at radius 2 is 1.64 bits per heavy atom. The lowest BCUT2D eigenvalue weighted by atomic mass is 10.0. The van der Waals surface area contributed by atoms with Crippen molar-refractivity contribution in [3.05, 3.63) is 89.3 Å². The zero-order chi connectivity index (χ0) is 23.2. The van der Waals surface area contributed by atoms with E-state index < -0.39 is 0 Å². The first-order valence-corrected chi connectivity index (χ1v) is 11.7. The lowest BCUT2D eigenvalue weighted by Crippen LogP contribution is -2.29. The van der Waals surface area contributed by atoms with Crippen molar-refractivity contribution in [2.24, 2.45) is 0 Å². The maximum atomic E-state index is 12.8. The van der Waals surface area contributed by atoms with Gasteiger partial charge < -0.3 is 10.4 Å². The molecule has 0 atom stereocenters. The summed E-state index contributed by atoms with van der Waals surface area (Å²) >= 11 is 6.68. The van der Waals surface area contributed by atoms with Crippen molar-refractivity contribution in [2.45, 2.75) is 12.8 Å². The molecular weight excluding hydrogens is 452 g/mol. The van der Waals surface area contributed by atoms with E-state index in [1.165, 1.54) is 23.9 Å². The number of hydrogen-bond acceptors (Lipinski definition) is 5. The number of aromatic hydroxyl groups is 1. The lowest BCUT2D eigenvalue weighted by Gasteiger charge is -2.14. The van der Waals surface area contributed by atoms with Crippen LogP contribution >= 0.6 is 24.0 Å². The van der Waals surface area contributed by atoms with Crippen molar-refractivity contribution in [1.82, 2.24) is 4.90 Å². The minimum atomic E-state index is -0.153. The molecule has 166 valence electrons. The Balaban J connectivity index is 1.32. The first-order valence-electron chi connectivity index (χ1n) is 10.5. The third-order valence-corrected chi connectivity index (χ3v) is 6.50. The number of hydrogen-bond donors (Lipinski definition) is 2. The van der Waals surface area contributed by atoms with Crippen LogP contribution in [0.3, 0.4) is 0 Å². The first-order chi connectivity index (χ1) is 16.0. The lowest BCUT2D eigenvalue weighted by molar-refractivity contribution is -0.122. The number of anilines is 1. The van der Waals surface area contributed by atoms with Crippen LogP contribution in [0.15, 0.2) is 83.8 Å². The number of phenols is 1. The predicted octanol–water partition coefficient (Wildman–Crippen LogP) is 5.68. The Kier molecular flexibility index (Phi) is 7.22. The minimum Gasteiger partial charge on any atom is -0.508 e. The molecule has 1 aliphatic heterocycles. The van der Waals surface area contributed by atoms with Gasteiger partial charge in [-0.1, -0.05) is 78.6 Å². The number of amides is 2. The zero-order valence-corrected chi connectivity index (χ0v) is 19.4. The van der Waals surface area contributed by atoms with Crippen LogP contribution in [0, 0.1) is 0 Å². The number of phenolic OH excluding ortho intramolecular Hbond substituents is 1. The summed E-state index contributed by atoms with van der Waals surface area (Å²) in [5, 5.41) is 12.1. The molecule has 2 N–H and O–H groups in total. The fourth-order valence-electron chi connectivity index (χ4n) is 3.41. The van der Waals surface area contributed by atoms with E-state index in [1.807, 2.05) is 48.5 Å². The van der Waals surface area contributed by atoms with E-state index in [2.05, 4.69) is 17.4 Å². The van der Waals surface area contributed by atoms with Gasteiger partial charge in [-0.3, -0.25) is 14.5 Å². The Morgan fingerprint density at radius 3 is 2.33 bits per heavy atom. The molecule has 7 heteroatoms. The van der Waals surface area contributed by atoms with Gasteiger partial charge in [-0.2, -0.15) is 0 Å². The molecule has 0 bridgehead atoms. The predicted molar refractivity (Wildman–Crippen MR) is 138 cm³/mol. The molecule has 1 saturated heterocycles. The van der Waals surface area contributed by atoms with Crippen molar-refractivity contribution in [3.8, 4) is 16.9 Å². The number of carbonyl (C=O) groups is 2. The molecule has 0 aliphatic carbocycles. The van der Waals surface area contributed by atoms with Crippen LogP contribution in [0.4, 0.5) is 5.69 Å². The fraction of sp³-hybridized carbons (Fsp3) is 0.115. The molecular formula is C26H22N2O3S2. The summed E-state index contributed by atoms with van der Waals surface area (Å²) in [5.74, 6) is -0.140. The Hall–Kier alpha value is -3.42. The topological polar surface area (TPSA) is 69.6 Å². The van der Waals surface area contributed by atoms with Gasteiger partial charge in [0.2, 0.25) is 5.91 Å². The number of nitrogens with zero attached hydrogens (tertiary/aromatic N) is 1. The van der Waals surface area contributed by atoms with Gasteiger partial charge >= 0.3 is 0 Å². The van der Waals surface area contributed by atoms with Gasteiger partial charge in [0.1, 0.15) is 10.1 Å². The van der Waals surface area contributed by atoms with Crippen molar-refractivity contribution in [3.63, 3.8) is 0 Å². The third kappa shape index (κ3) is 5.88. The summed E-state index contributed by atoms with van der Waals surface area (Å²) in [4.78, 5) is 27.1. The molecule has 4 rings (SSSR count). The summed E-state index contributed by atoms with van der Waals surface area (Å²) < 4.78 is 0.506. The fourth-order valence-corrected chi connectivity index (χ4v) is 4.72. The van der Waals surface area contributed by atoms with Gasteiger partial charge in [-0.15, -0.1) is 0 Å². The molecule has 0 unspecified atom stereocenters. The molecule has 1 heterocycles. The van der Waals surface area contributed by atoms with Crippen molar-refractivity contribution in [2.75, 3.05) is 11.9 Å². The van der Waals surface area contributed by atoms with Crippen LogP contribution in [0.25, 0.3) is 17.2 Å². The summed E-state index contributed by atoms with van der Waals surface area (Å²) in [6.07, 6.45) is 2.61. The van der Waals surface area contributed by atoms with Gasteiger partial charge in [0.15, 0.2) is 0 Å². The molecule has 33 heavy (non-hydrogen) atoms. The van der Waals surface area contributed by atoms with Gasteiger partial charge in [0.05, 0.1) is 4.91 Å². The molecule has 0 saturated carbocycles. The number of benzene rings is 3. The molecule has 0 aromatic heterocycles. The number of thioether (sulfide) groups is 1. The molecule has 5 nitrogen and oxygen atoms in total. The maximum absolute atomic E-state index is 12.8. The molecule has 2 amide bonds. The number of carbonyl (C=O) groups excluding carboxylic acids is 2. The monoisotopic (exact) mass is 474 g/mol. The smallest absolute Gasteiger partial charge is 0.266 e. The quantitative estimate of drug-likeness (QED) is 0.262. The van der Waals surface area contributed by atoms with Crippen molar-refractivity contribution >= 4 is 51.9 Å². The SMILES string of the molecule is O=C(CCCN1C(=O)/C(=C/c2ccc(-c3ccccc3)cc2)SC1=S)Nc1ccc(O)cc1. The van der Waals surface area contributed by atoms with Crippen LogP contribution in [-0.4, -0.2) is 32.7 Å². The maximum Gasteiger partial charge on any atom is 0.266 e. The molecule has 0 spiro atoms. The van der Waals surface area contributed by atoms with Gasteiger partial charge in [-0.25, -0.2) is 0 Å². The van der Waals surface area contributed by atoms with Crippen LogP contribution in [-0.2, 0) is 9.59 Å². The van der Waals surface area contributed by atoms with Gasteiger partial charge in [-0.05, 0) is 53.5 Å². The number of nitrogens with one attached hydrogen (secondary N) is 1. The minimum absolute atomic E-state index is 0.129. The molecule has 0 radical (unpaired) electrons. The summed E-state index contributed by atoms with van der Waals surface area (Å²) in [7, 11) is 0. The summed E-state index contributed by atoms with van der Waals surface area (Å²) in [6.45, 7) is 0.387. The first kappa shape index (κ1) is 22.8. The van der Waals surface area contributed by atoms with Gasteiger partial charge in [0, 0.05) is 18.7 Å². The molecule has 3 aromatic carbocycles. The van der Waals surface area contributed by atoms with E-state index in [0.717, 1.165) is 16.7 Å². The third-order valence-electron chi connectivity index (χ3n) is 5.13. The van der Waals surface area contributed by atoms with E-state index in [1.54, 1.807) is 17.0 Å². The highest BCUT2D eigenvalue weighted by atomic mass is 32.2. The standard InChI is InChI=1S/C26H22N2O3S2/c29-22-14-12-21(13-15-22)27-24(30)7-4-16-28-25(31)23(33-26(28)32)17-18-8-10-20(11-9-18)19-5-2-1-3-6-19/h1-3,5-6,8-15,17,29H,4,7,16H2,(H,27,30)/b23-17-. The van der Waals surface area contributed by atoms with Crippen LogP contribution < -0.4 is 5.32 Å². The van der Waals surface area contributed by atoms with Crippen LogP contribution in [0.2, 0.25) is 0 Å². The van der Waals surface area contributed by atoms with E-state index in [4.69, 9.17) is 12.2 Å². The molecule has 1 aliphatic rings. The van der Waals surface area contributed by atoms with E-state index >= 15 is 0 Å². The number of rotatable bonds is 7. The second-order valence-corrected chi connectivity index (χ2v) is 9.20. The second-order valence-electron chi connectivity index (χ2n) is 7.52. The highest BCUT2D eigenvalue weighted by molar-refractivity contribution is 8.26.